The highest BCUT2D eigenvalue weighted by molar-refractivity contribution is 5.87. The maximum absolute atomic E-state index is 10.8. The fourth-order valence-corrected chi connectivity index (χ4v) is 1.41. The number of carboxylic acids is 1. The van der Waals surface area contributed by atoms with Crippen molar-refractivity contribution in [1.29, 1.82) is 0 Å². The topological polar surface area (TPSA) is 59.4 Å². The minimum Gasteiger partial charge on any atom is -0.478 e. The molecule has 0 amide bonds. The molecule has 0 spiro atoms. The van der Waals surface area contributed by atoms with Crippen LogP contribution in [0.15, 0.2) is 42.7 Å². The van der Waals surface area contributed by atoms with E-state index in [0.29, 0.717) is 11.5 Å². The second-order valence-electron chi connectivity index (χ2n) is 3.63. The maximum atomic E-state index is 10.8. The molecule has 2 rings (SSSR count). The van der Waals surface area contributed by atoms with Crippen LogP contribution in [0.3, 0.4) is 0 Å². The van der Waals surface area contributed by atoms with Gasteiger partial charge < -0.3 is 9.84 Å². The third-order valence-electron chi connectivity index (χ3n) is 2.19. The number of nitrogens with zero attached hydrogens (tertiary/aromatic N) is 1. The number of carbonyl (C=O) groups is 1. The van der Waals surface area contributed by atoms with Crippen molar-refractivity contribution in [1.82, 2.24) is 4.98 Å². The number of aromatic carboxylic acids is 1. The molecular formula is C13H11NO3. The quantitative estimate of drug-likeness (QED) is 0.879. The van der Waals surface area contributed by atoms with Gasteiger partial charge in [-0.2, -0.15) is 0 Å². The third kappa shape index (κ3) is 2.81. The molecule has 0 fully saturated rings. The molecule has 1 aromatic heterocycles. The van der Waals surface area contributed by atoms with Gasteiger partial charge in [-0.05, 0) is 30.7 Å². The van der Waals surface area contributed by atoms with Gasteiger partial charge in [0.25, 0.3) is 0 Å². The zero-order valence-corrected chi connectivity index (χ0v) is 9.25. The smallest absolute Gasteiger partial charge is 0.337 e. The van der Waals surface area contributed by atoms with Gasteiger partial charge in [-0.15, -0.1) is 0 Å². The van der Waals surface area contributed by atoms with Crippen molar-refractivity contribution in [3.63, 3.8) is 0 Å². The molecule has 0 aliphatic carbocycles. The number of aryl methyl sites for hydroxylation is 1. The van der Waals surface area contributed by atoms with Crippen molar-refractivity contribution in [2.75, 3.05) is 0 Å². The Balaban J connectivity index is 2.24. The molecule has 0 atom stereocenters. The Morgan fingerprint density at radius 3 is 2.76 bits per heavy atom. The van der Waals surface area contributed by atoms with E-state index in [1.165, 1.54) is 18.5 Å². The normalized spacial score (nSPS) is 9.94. The minimum atomic E-state index is -1.02. The van der Waals surface area contributed by atoms with Crippen molar-refractivity contribution >= 4 is 5.97 Å². The molecule has 0 bridgehead atoms. The fraction of sp³-hybridized carbons (Fsp3) is 0.0769. The van der Waals surface area contributed by atoms with Crippen LogP contribution in [0.2, 0.25) is 0 Å². The van der Waals surface area contributed by atoms with E-state index >= 15 is 0 Å². The molecule has 0 radical (unpaired) electrons. The largest absolute Gasteiger partial charge is 0.478 e. The molecular weight excluding hydrogens is 218 g/mol. The number of ether oxygens (including phenoxy) is 1. The second kappa shape index (κ2) is 4.65. The van der Waals surface area contributed by atoms with E-state index in [1.807, 2.05) is 25.1 Å². The number of pyridine rings is 1. The first-order chi connectivity index (χ1) is 8.15. The van der Waals surface area contributed by atoms with Gasteiger partial charge in [-0.3, -0.25) is 4.98 Å². The van der Waals surface area contributed by atoms with Crippen LogP contribution in [0.1, 0.15) is 15.9 Å². The Bertz CT molecular complexity index is 552. The first kappa shape index (κ1) is 11.1. The van der Waals surface area contributed by atoms with Gasteiger partial charge in [0, 0.05) is 6.20 Å². The SMILES string of the molecule is Cc1cccc(Oc2cncc(C(=O)O)c2)c1. The number of hydrogen-bond donors (Lipinski definition) is 1. The molecule has 0 aliphatic heterocycles. The molecule has 4 nitrogen and oxygen atoms in total. The summed E-state index contributed by atoms with van der Waals surface area (Å²) >= 11 is 0. The van der Waals surface area contributed by atoms with Crippen molar-refractivity contribution in [2.45, 2.75) is 6.92 Å². The molecule has 2 aromatic rings. The summed E-state index contributed by atoms with van der Waals surface area (Å²) < 4.78 is 5.52. The van der Waals surface area contributed by atoms with E-state index in [2.05, 4.69) is 4.98 Å². The van der Waals surface area contributed by atoms with Gasteiger partial charge in [0.05, 0.1) is 11.8 Å². The lowest BCUT2D eigenvalue weighted by atomic mass is 10.2. The van der Waals surface area contributed by atoms with Crippen LogP contribution >= 0.6 is 0 Å². The van der Waals surface area contributed by atoms with Gasteiger partial charge >= 0.3 is 5.97 Å². The number of rotatable bonds is 3. The molecule has 1 N–H and O–H groups in total. The molecule has 4 heteroatoms. The molecule has 0 saturated heterocycles. The molecule has 1 aromatic carbocycles. The Hall–Kier alpha value is -2.36. The van der Waals surface area contributed by atoms with Gasteiger partial charge in [0.2, 0.25) is 0 Å². The highest BCUT2D eigenvalue weighted by Gasteiger charge is 2.05. The lowest BCUT2D eigenvalue weighted by molar-refractivity contribution is 0.0696. The minimum absolute atomic E-state index is 0.107. The second-order valence-corrected chi connectivity index (χ2v) is 3.63. The molecule has 0 unspecified atom stereocenters. The summed E-state index contributed by atoms with van der Waals surface area (Å²) in [5.74, 6) is 0.0528. The maximum Gasteiger partial charge on any atom is 0.337 e. The van der Waals surface area contributed by atoms with Crippen LogP contribution in [0, 0.1) is 6.92 Å². The van der Waals surface area contributed by atoms with Gasteiger partial charge in [0.1, 0.15) is 11.5 Å². The van der Waals surface area contributed by atoms with Crippen molar-refractivity contribution in [2.24, 2.45) is 0 Å². The van der Waals surface area contributed by atoms with Crippen LogP contribution in [0.25, 0.3) is 0 Å². The van der Waals surface area contributed by atoms with E-state index in [1.54, 1.807) is 6.07 Å². The molecule has 0 saturated carbocycles. The monoisotopic (exact) mass is 229 g/mol. The first-order valence-electron chi connectivity index (χ1n) is 5.08. The lowest BCUT2D eigenvalue weighted by Crippen LogP contribution is -1.97. The van der Waals surface area contributed by atoms with Gasteiger partial charge in [0.15, 0.2) is 0 Å². The standard InChI is InChI=1S/C13H11NO3/c1-9-3-2-4-11(5-9)17-12-6-10(13(15)16)7-14-8-12/h2-8H,1H3,(H,15,16). The number of hydrogen-bond acceptors (Lipinski definition) is 3. The summed E-state index contributed by atoms with van der Waals surface area (Å²) in [6.07, 6.45) is 2.76. The fourth-order valence-electron chi connectivity index (χ4n) is 1.41. The summed E-state index contributed by atoms with van der Waals surface area (Å²) in [7, 11) is 0. The highest BCUT2D eigenvalue weighted by Crippen LogP contribution is 2.21. The molecule has 17 heavy (non-hydrogen) atoms. The van der Waals surface area contributed by atoms with Crippen molar-refractivity contribution in [3.05, 3.63) is 53.9 Å². The lowest BCUT2D eigenvalue weighted by Gasteiger charge is -2.06. The van der Waals surface area contributed by atoms with E-state index in [4.69, 9.17) is 9.84 Å². The van der Waals surface area contributed by atoms with E-state index < -0.39 is 5.97 Å². The zero-order valence-electron chi connectivity index (χ0n) is 9.25. The summed E-state index contributed by atoms with van der Waals surface area (Å²) in [6, 6.07) is 8.95. The van der Waals surface area contributed by atoms with E-state index in [9.17, 15) is 4.79 Å². The first-order valence-corrected chi connectivity index (χ1v) is 5.08. The number of carboxylic acid groups (broad SMARTS) is 1. The molecule has 86 valence electrons. The van der Waals surface area contributed by atoms with Crippen LogP contribution in [0.4, 0.5) is 0 Å². The molecule has 1 heterocycles. The van der Waals surface area contributed by atoms with Crippen molar-refractivity contribution in [3.8, 4) is 11.5 Å². The van der Waals surface area contributed by atoms with E-state index in [0.717, 1.165) is 5.56 Å². The Morgan fingerprint density at radius 1 is 1.24 bits per heavy atom. The predicted molar refractivity (Wildman–Crippen MR) is 62.4 cm³/mol. The Kier molecular flexibility index (Phi) is 3.05. The Labute approximate surface area is 98.5 Å². The predicted octanol–water partition coefficient (Wildman–Crippen LogP) is 2.88. The number of aromatic nitrogens is 1. The van der Waals surface area contributed by atoms with Gasteiger partial charge in [-0.25, -0.2) is 4.79 Å². The van der Waals surface area contributed by atoms with Crippen LogP contribution in [-0.2, 0) is 0 Å². The third-order valence-corrected chi connectivity index (χ3v) is 2.19. The Morgan fingerprint density at radius 2 is 2.06 bits per heavy atom. The van der Waals surface area contributed by atoms with Gasteiger partial charge in [-0.1, -0.05) is 12.1 Å². The average Bonchev–Trinajstić information content (AvgIpc) is 2.29. The number of benzene rings is 1. The van der Waals surface area contributed by atoms with Crippen LogP contribution in [-0.4, -0.2) is 16.1 Å². The van der Waals surface area contributed by atoms with E-state index in [-0.39, 0.29) is 5.56 Å². The summed E-state index contributed by atoms with van der Waals surface area (Å²) in [4.78, 5) is 14.6. The summed E-state index contributed by atoms with van der Waals surface area (Å²) in [5.41, 5.74) is 1.18. The molecule has 0 aliphatic rings. The van der Waals surface area contributed by atoms with Crippen molar-refractivity contribution < 1.29 is 14.6 Å². The van der Waals surface area contributed by atoms with Crippen LogP contribution in [0.5, 0.6) is 11.5 Å². The highest BCUT2D eigenvalue weighted by atomic mass is 16.5. The zero-order chi connectivity index (χ0) is 12.3. The van der Waals surface area contributed by atoms with Crippen LogP contribution < -0.4 is 4.74 Å². The summed E-state index contributed by atoms with van der Waals surface area (Å²) in [6.45, 7) is 1.96. The summed E-state index contributed by atoms with van der Waals surface area (Å²) in [5, 5.41) is 8.82. The average molecular weight is 229 g/mol.